The number of benzene rings is 8. The minimum atomic E-state index is -0.640. The van der Waals surface area contributed by atoms with E-state index in [2.05, 4.69) is 45.9 Å². The van der Waals surface area contributed by atoms with Crippen LogP contribution in [0.3, 0.4) is 0 Å². The third-order valence-corrected chi connectivity index (χ3v) is 10.3. The smallest absolute Gasteiger partial charge is 0.166 e. The van der Waals surface area contributed by atoms with Gasteiger partial charge in [-0.1, -0.05) is 182 Å². The van der Waals surface area contributed by atoms with Crippen LogP contribution in [0.2, 0.25) is 0 Å². The van der Waals surface area contributed by atoms with Gasteiger partial charge < -0.3 is 4.57 Å². The van der Waals surface area contributed by atoms with Crippen molar-refractivity contribution in [3.63, 3.8) is 0 Å². The van der Waals surface area contributed by atoms with Gasteiger partial charge in [-0.15, -0.1) is 0 Å². The van der Waals surface area contributed by atoms with E-state index >= 15 is 0 Å². The molecule has 7 nitrogen and oxygen atoms in total. The van der Waals surface area contributed by atoms with Crippen LogP contribution in [-0.2, 0) is 0 Å². The van der Waals surface area contributed by atoms with Gasteiger partial charge in [-0.05, 0) is 41.5 Å². The number of aromatic nitrogens is 7. The summed E-state index contributed by atoms with van der Waals surface area (Å²) in [5.74, 6) is 0.190. The molecule has 0 aliphatic carbocycles. The van der Waals surface area contributed by atoms with Gasteiger partial charge in [0.1, 0.15) is 0 Å². The molecule has 11 aromatic rings. The molecule has 61 heavy (non-hydrogen) atoms. The maximum Gasteiger partial charge on any atom is 0.166 e. The van der Waals surface area contributed by atoms with Gasteiger partial charge in [0.15, 0.2) is 34.9 Å². The predicted molar refractivity (Wildman–Crippen MR) is 246 cm³/mol. The summed E-state index contributed by atoms with van der Waals surface area (Å²) in [6.45, 7) is 0. The maximum atomic E-state index is 8.89. The Balaban J connectivity index is 1.25. The van der Waals surface area contributed by atoms with Crippen LogP contribution in [0.25, 0.3) is 107 Å². The quantitative estimate of drug-likeness (QED) is 0.152. The number of hydrogen-bond donors (Lipinski definition) is 0. The fourth-order valence-electron chi connectivity index (χ4n) is 7.47. The molecule has 0 unspecified atom stereocenters. The lowest BCUT2D eigenvalue weighted by Gasteiger charge is -2.16. The average molecular weight is 792 g/mol. The molecule has 7 heteroatoms. The van der Waals surface area contributed by atoms with Gasteiger partial charge in [-0.25, -0.2) is 29.9 Å². The summed E-state index contributed by atoms with van der Waals surface area (Å²) in [6, 6.07) is 42.7. The Labute approximate surface area is 366 Å². The summed E-state index contributed by atoms with van der Waals surface area (Å²) < 4.78 is 88.2. The molecule has 0 saturated heterocycles. The molecule has 286 valence electrons. The fourth-order valence-corrected chi connectivity index (χ4v) is 7.47. The van der Waals surface area contributed by atoms with E-state index in [4.69, 9.17) is 38.6 Å². The standard InChI is InChI=1S/C54H35N7/c1-6-18-36(19-7-1)41-30-32-44-43-28-16-17-29-46(43)61(48(44)35-41)47-33-31-42(53-57-49(37-20-8-2-9-21-37)55-50(58-53)38-22-10-3-11-23-38)34-45(47)54-59-51(39-24-12-4-13-25-39)56-52(60-54)40-26-14-5-15-27-40/h1-35H/i2D,3D,8D,9D,10D,11D,20D,21D,22D,23D. The first kappa shape index (κ1) is 26.6. The summed E-state index contributed by atoms with van der Waals surface area (Å²) in [4.78, 5) is 29.3. The monoisotopic (exact) mass is 791 g/mol. The Morgan fingerprint density at radius 3 is 1.33 bits per heavy atom. The largest absolute Gasteiger partial charge is 0.308 e. The van der Waals surface area contributed by atoms with Crippen molar-refractivity contribution >= 4 is 21.8 Å². The van der Waals surface area contributed by atoms with E-state index in [-0.39, 0.29) is 34.4 Å². The lowest BCUT2D eigenvalue weighted by atomic mass is 10.0. The van der Waals surface area contributed by atoms with Gasteiger partial charge in [0.25, 0.3) is 0 Å². The first-order chi connectivity index (χ1) is 34.4. The molecule has 0 bridgehead atoms. The molecule has 0 aliphatic rings. The normalized spacial score (nSPS) is 13.6. The van der Waals surface area contributed by atoms with Crippen molar-refractivity contribution in [1.82, 2.24) is 34.5 Å². The summed E-state index contributed by atoms with van der Waals surface area (Å²) in [5.41, 5.74) is 5.96. The van der Waals surface area contributed by atoms with E-state index in [9.17, 15) is 0 Å². The van der Waals surface area contributed by atoms with Crippen LogP contribution in [0.5, 0.6) is 0 Å². The second kappa shape index (κ2) is 15.4. The maximum absolute atomic E-state index is 8.89. The molecular formula is C54H35N7. The fraction of sp³-hybridized carbons (Fsp3) is 0. The van der Waals surface area contributed by atoms with Crippen LogP contribution in [-0.4, -0.2) is 34.5 Å². The van der Waals surface area contributed by atoms with E-state index in [1.54, 1.807) is 12.1 Å². The van der Waals surface area contributed by atoms with Crippen LogP contribution in [0, 0.1) is 0 Å². The second-order valence-electron chi connectivity index (χ2n) is 14.0. The predicted octanol–water partition coefficient (Wildman–Crippen LogP) is 12.8. The molecule has 0 amide bonds. The molecule has 0 radical (unpaired) electrons. The minimum Gasteiger partial charge on any atom is -0.308 e. The highest BCUT2D eigenvalue weighted by Gasteiger charge is 2.22. The van der Waals surface area contributed by atoms with Crippen molar-refractivity contribution in [1.29, 1.82) is 0 Å². The number of nitrogens with zero attached hydrogens (tertiary/aromatic N) is 7. The zero-order chi connectivity index (χ0) is 49.2. The van der Waals surface area contributed by atoms with Crippen LogP contribution in [0.4, 0.5) is 0 Å². The SMILES string of the molecule is [2H]c1c([2H])c([2H])c(-c2nc(-c3ccc(-n4c5ccccc5c5ccc(-c6ccccc6)cc54)c(-c4nc(-c5ccccc5)nc(-c5ccccc5)n4)c3)nc(-c3c([2H])c([2H])c([2H])c([2H])c3[2H])n2)c([2H])c1[2H]. The highest BCUT2D eigenvalue weighted by atomic mass is 15.1. The molecule has 3 heterocycles. The number of rotatable bonds is 8. The molecule has 0 fully saturated rings. The van der Waals surface area contributed by atoms with Crippen LogP contribution in [0.1, 0.15) is 13.7 Å². The van der Waals surface area contributed by atoms with E-state index in [1.165, 1.54) is 0 Å². The van der Waals surface area contributed by atoms with E-state index < -0.39 is 60.4 Å². The number of para-hydroxylation sites is 1. The molecule has 0 spiro atoms. The second-order valence-corrected chi connectivity index (χ2v) is 14.0. The molecule has 3 aromatic heterocycles. The topological polar surface area (TPSA) is 82.3 Å². The van der Waals surface area contributed by atoms with Crippen molar-refractivity contribution in [2.45, 2.75) is 0 Å². The highest BCUT2D eigenvalue weighted by Crippen LogP contribution is 2.39. The molecule has 0 atom stereocenters. The number of fused-ring (bicyclic) bond motifs is 3. The summed E-state index contributed by atoms with van der Waals surface area (Å²) >= 11 is 0. The first-order valence-electron chi connectivity index (χ1n) is 24.4. The Morgan fingerprint density at radius 1 is 0.311 bits per heavy atom. The first-order valence-corrected chi connectivity index (χ1v) is 19.4. The van der Waals surface area contributed by atoms with Crippen molar-refractivity contribution in [2.24, 2.45) is 0 Å². The average Bonchev–Trinajstić information content (AvgIpc) is 3.74. The molecule has 8 aromatic carbocycles. The Kier molecular flexibility index (Phi) is 6.70. The van der Waals surface area contributed by atoms with E-state index in [1.807, 2.05) is 103 Å². The zero-order valence-electron chi connectivity index (χ0n) is 42.1. The summed E-state index contributed by atoms with van der Waals surface area (Å²) in [6.07, 6.45) is 0. The summed E-state index contributed by atoms with van der Waals surface area (Å²) in [5, 5.41) is 1.98. The van der Waals surface area contributed by atoms with Crippen LogP contribution in [0.15, 0.2) is 212 Å². The van der Waals surface area contributed by atoms with Crippen molar-refractivity contribution < 1.29 is 13.7 Å². The van der Waals surface area contributed by atoms with E-state index in [0.29, 0.717) is 28.5 Å². The third-order valence-electron chi connectivity index (χ3n) is 10.3. The van der Waals surface area contributed by atoms with Crippen molar-refractivity contribution in [3.8, 4) is 85.1 Å². The van der Waals surface area contributed by atoms with Gasteiger partial charge in [-0.3, -0.25) is 0 Å². The molecular weight excluding hydrogens is 747 g/mol. The van der Waals surface area contributed by atoms with Gasteiger partial charge in [-0.2, -0.15) is 0 Å². The zero-order valence-corrected chi connectivity index (χ0v) is 32.1. The lowest BCUT2D eigenvalue weighted by molar-refractivity contribution is 1.06. The van der Waals surface area contributed by atoms with Gasteiger partial charge in [0.2, 0.25) is 0 Å². The third kappa shape index (κ3) is 6.80. The van der Waals surface area contributed by atoms with E-state index in [0.717, 1.165) is 44.1 Å². The summed E-state index contributed by atoms with van der Waals surface area (Å²) in [7, 11) is 0. The van der Waals surface area contributed by atoms with Gasteiger partial charge >= 0.3 is 0 Å². The minimum absolute atomic E-state index is 0.106. The Bertz CT molecular complexity index is 3740. The Hall–Kier alpha value is -8.42. The van der Waals surface area contributed by atoms with Crippen LogP contribution < -0.4 is 0 Å². The van der Waals surface area contributed by atoms with Crippen molar-refractivity contribution in [2.75, 3.05) is 0 Å². The lowest BCUT2D eigenvalue weighted by Crippen LogP contribution is -2.05. The molecule has 0 N–H and O–H groups in total. The molecule has 0 aliphatic heterocycles. The van der Waals surface area contributed by atoms with Gasteiger partial charge in [0, 0.05) is 44.2 Å². The van der Waals surface area contributed by atoms with Crippen molar-refractivity contribution in [3.05, 3.63) is 212 Å². The van der Waals surface area contributed by atoms with Crippen LogP contribution >= 0.6 is 0 Å². The Morgan fingerprint density at radius 2 is 0.754 bits per heavy atom. The molecule has 11 rings (SSSR count). The van der Waals surface area contributed by atoms with Gasteiger partial charge in [0.05, 0.1) is 30.4 Å². The number of hydrogen-bond acceptors (Lipinski definition) is 6. The molecule has 0 saturated carbocycles. The highest BCUT2D eigenvalue weighted by molar-refractivity contribution is 6.10.